The number of anilines is 1. The Balaban J connectivity index is 1.95. The Labute approximate surface area is 137 Å². The molecule has 0 aliphatic carbocycles. The van der Waals surface area contributed by atoms with Crippen LogP contribution in [-0.2, 0) is 9.63 Å². The highest BCUT2D eigenvalue weighted by atomic mass is 32.1. The van der Waals surface area contributed by atoms with Crippen molar-refractivity contribution in [3.05, 3.63) is 58.0 Å². The van der Waals surface area contributed by atoms with E-state index in [1.807, 2.05) is 31.1 Å². The number of oxime groups is 1. The third-order valence-electron chi connectivity index (χ3n) is 3.32. The molecule has 1 aromatic carbocycles. The normalized spacial score (nSPS) is 15.3. The van der Waals surface area contributed by atoms with Crippen LogP contribution in [0, 0.1) is 11.3 Å². The lowest BCUT2D eigenvalue weighted by molar-refractivity contribution is -0.136. The molecule has 5 nitrogen and oxygen atoms in total. The molecule has 1 aromatic heterocycles. The minimum Gasteiger partial charge on any atom is -0.370 e. The molecule has 2 aromatic rings. The number of thiophene rings is 1. The van der Waals surface area contributed by atoms with Crippen LogP contribution in [0.5, 0.6) is 0 Å². The van der Waals surface area contributed by atoms with E-state index >= 15 is 0 Å². The highest BCUT2D eigenvalue weighted by Crippen LogP contribution is 2.28. The number of benzene rings is 1. The number of rotatable bonds is 3. The smallest absolute Gasteiger partial charge is 0.368 e. The van der Waals surface area contributed by atoms with Crippen LogP contribution in [0.2, 0.25) is 0 Å². The molecule has 0 radical (unpaired) electrons. The molecule has 6 heteroatoms. The van der Waals surface area contributed by atoms with E-state index in [0.717, 1.165) is 15.4 Å². The predicted molar refractivity (Wildman–Crippen MR) is 90.4 cm³/mol. The molecule has 1 aliphatic rings. The summed E-state index contributed by atoms with van der Waals surface area (Å²) < 4.78 is 0. The first-order valence-corrected chi connectivity index (χ1v) is 7.69. The van der Waals surface area contributed by atoms with Crippen molar-refractivity contribution in [1.82, 2.24) is 0 Å². The average Bonchev–Trinajstić information content (AvgIpc) is 3.16. The van der Waals surface area contributed by atoms with Crippen LogP contribution in [0.15, 0.2) is 47.1 Å². The van der Waals surface area contributed by atoms with Crippen molar-refractivity contribution in [3.63, 3.8) is 0 Å². The number of hydrogen-bond acceptors (Lipinski definition) is 6. The Hall–Kier alpha value is -2.91. The van der Waals surface area contributed by atoms with Gasteiger partial charge in [-0.1, -0.05) is 17.3 Å². The summed E-state index contributed by atoms with van der Waals surface area (Å²) >= 11 is 1.58. The van der Waals surface area contributed by atoms with E-state index in [0.29, 0.717) is 16.8 Å². The van der Waals surface area contributed by atoms with Crippen LogP contribution in [0.3, 0.4) is 0 Å². The summed E-state index contributed by atoms with van der Waals surface area (Å²) in [6, 6.07) is 12.9. The van der Waals surface area contributed by atoms with Crippen LogP contribution >= 0.6 is 11.3 Å². The number of hydrogen-bond donors (Lipinski definition) is 0. The first kappa shape index (κ1) is 15.0. The number of nitriles is 1. The minimum atomic E-state index is -0.468. The van der Waals surface area contributed by atoms with Crippen LogP contribution in [0.4, 0.5) is 5.00 Å². The van der Waals surface area contributed by atoms with Gasteiger partial charge in [0.05, 0.1) is 22.2 Å². The van der Waals surface area contributed by atoms with Crippen LogP contribution < -0.4 is 4.90 Å². The highest BCUT2D eigenvalue weighted by molar-refractivity contribution is 7.17. The monoisotopic (exact) mass is 323 g/mol. The van der Waals surface area contributed by atoms with Crippen molar-refractivity contribution in [3.8, 4) is 6.07 Å². The lowest BCUT2D eigenvalue weighted by Crippen LogP contribution is -2.06. The van der Waals surface area contributed by atoms with Gasteiger partial charge in [0.2, 0.25) is 0 Å². The summed E-state index contributed by atoms with van der Waals surface area (Å²) in [6.45, 7) is 0. The Kier molecular flexibility index (Phi) is 3.96. The topological polar surface area (TPSA) is 65.7 Å². The van der Waals surface area contributed by atoms with E-state index in [9.17, 15) is 4.79 Å². The van der Waals surface area contributed by atoms with Crippen molar-refractivity contribution >= 4 is 34.1 Å². The molecule has 0 amide bonds. The van der Waals surface area contributed by atoms with E-state index in [-0.39, 0.29) is 0 Å². The Morgan fingerprint density at radius 1 is 1.22 bits per heavy atom. The summed E-state index contributed by atoms with van der Waals surface area (Å²) in [4.78, 5) is 19.7. The van der Waals surface area contributed by atoms with Gasteiger partial charge in [0.25, 0.3) is 0 Å². The fourth-order valence-electron chi connectivity index (χ4n) is 2.12. The molecule has 23 heavy (non-hydrogen) atoms. The molecular weight excluding hydrogens is 310 g/mol. The Bertz CT molecular complexity index is 855. The molecule has 114 valence electrons. The van der Waals surface area contributed by atoms with Crippen molar-refractivity contribution < 1.29 is 9.63 Å². The zero-order chi connectivity index (χ0) is 16.4. The van der Waals surface area contributed by atoms with E-state index in [4.69, 9.17) is 10.1 Å². The Morgan fingerprint density at radius 3 is 2.57 bits per heavy atom. The van der Waals surface area contributed by atoms with Crippen molar-refractivity contribution in [2.45, 2.75) is 0 Å². The summed E-state index contributed by atoms with van der Waals surface area (Å²) in [6.07, 6.45) is 1.78. The summed E-state index contributed by atoms with van der Waals surface area (Å²) in [5.41, 5.74) is 2.20. The van der Waals surface area contributed by atoms with Gasteiger partial charge in [0.15, 0.2) is 0 Å². The molecule has 0 unspecified atom stereocenters. The molecule has 0 N–H and O–H groups in total. The van der Waals surface area contributed by atoms with Gasteiger partial charge in [0, 0.05) is 24.5 Å². The van der Waals surface area contributed by atoms with Crippen LogP contribution in [0.25, 0.3) is 6.08 Å². The van der Waals surface area contributed by atoms with Gasteiger partial charge in [0.1, 0.15) is 5.71 Å². The van der Waals surface area contributed by atoms with E-state index in [1.165, 1.54) is 0 Å². The Morgan fingerprint density at radius 2 is 1.96 bits per heavy atom. The van der Waals surface area contributed by atoms with Crippen LogP contribution in [0.1, 0.15) is 16.0 Å². The SMILES string of the molecule is CN(C)c1ccc(/C=C2\C(=O)ON=C2c2ccc(C#N)cc2)s1. The van der Waals surface area contributed by atoms with Crippen molar-refractivity contribution in [1.29, 1.82) is 5.26 Å². The second-order valence-electron chi connectivity index (χ2n) is 5.14. The quantitative estimate of drug-likeness (QED) is 0.643. The average molecular weight is 323 g/mol. The van der Waals surface area contributed by atoms with E-state index in [1.54, 1.807) is 41.7 Å². The molecule has 0 saturated heterocycles. The van der Waals surface area contributed by atoms with Gasteiger partial charge in [-0.05, 0) is 30.3 Å². The third-order valence-corrected chi connectivity index (χ3v) is 4.52. The largest absolute Gasteiger partial charge is 0.370 e. The molecule has 0 saturated carbocycles. The zero-order valence-electron chi connectivity index (χ0n) is 12.6. The van der Waals surface area contributed by atoms with Gasteiger partial charge in [-0.15, -0.1) is 11.3 Å². The van der Waals surface area contributed by atoms with Crippen molar-refractivity contribution in [2.75, 3.05) is 19.0 Å². The molecule has 2 heterocycles. The molecular formula is C17H13N3O2S. The maximum atomic E-state index is 12.0. The number of carbonyl (C=O) groups is 1. The van der Waals surface area contributed by atoms with Gasteiger partial charge in [-0.3, -0.25) is 0 Å². The summed E-state index contributed by atoms with van der Waals surface area (Å²) in [5.74, 6) is -0.468. The van der Waals surface area contributed by atoms with E-state index < -0.39 is 5.97 Å². The van der Waals surface area contributed by atoms with E-state index in [2.05, 4.69) is 11.2 Å². The predicted octanol–water partition coefficient (Wildman–Crippen LogP) is 3.03. The molecule has 1 aliphatic heterocycles. The number of carbonyl (C=O) groups excluding carboxylic acids is 1. The standard InChI is InChI=1S/C17H13N3O2S/c1-20(2)15-8-7-13(23-15)9-14-16(19-22-17(14)21)12-5-3-11(10-18)4-6-12/h3-9H,1-2H3/b14-9-. The number of nitrogens with zero attached hydrogens (tertiary/aromatic N) is 3. The van der Waals surface area contributed by atoms with Gasteiger partial charge in [-0.2, -0.15) is 5.26 Å². The highest BCUT2D eigenvalue weighted by Gasteiger charge is 2.27. The molecule has 0 atom stereocenters. The summed E-state index contributed by atoms with van der Waals surface area (Å²) in [7, 11) is 3.94. The lowest BCUT2D eigenvalue weighted by Gasteiger charge is -2.06. The lowest BCUT2D eigenvalue weighted by atomic mass is 10.0. The molecule has 0 bridgehead atoms. The minimum absolute atomic E-state index is 0.418. The molecule has 0 fully saturated rings. The maximum absolute atomic E-state index is 12.0. The second kappa shape index (κ2) is 6.07. The fourth-order valence-corrected chi connectivity index (χ4v) is 3.00. The third kappa shape index (κ3) is 3.00. The zero-order valence-corrected chi connectivity index (χ0v) is 13.4. The maximum Gasteiger partial charge on any atom is 0.368 e. The molecule has 0 spiro atoms. The van der Waals surface area contributed by atoms with Crippen LogP contribution in [-0.4, -0.2) is 25.8 Å². The van der Waals surface area contributed by atoms with Gasteiger partial charge < -0.3 is 9.74 Å². The first-order valence-electron chi connectivity index (χ1n) is 6.87. The fraction of sp³-hybridized carbons (Fsp3) is 0.118. The van der Waals surface area contributed by atoms with Crippen molar-refractivity contribution in [2.24, 2.45) is 5.16 Å². The second-order valence-corrected chi connectivity index (χ2v) is 6.23. The van der Waals surface area contributed by atoms with Gasteiger partial charge >= 0.3 is 5.97 Å². The first-order chi connectivity index (χ1) is 11.1. The van der Waals surface area contributed by atoms with Gasteiger partial charge in [-0.25, -0.2) is 4.79 Å². The summed E-state index contributed by atoms with van der Waals surface area (Å²) in [5, 5.41) is 13.8. The molecule has 3 rings (SSSR count).